The van der Waals surface area contributed by atoms with E-state index in [9.17, 15) is 5.11 Å². The van der Waals surface area contributed by atoms with Gasteiger partial charge < -0.3 is 10.6 Å². The minimum Gasteiger partial charge on any atom is -0.314 e. The lowest BCUT2D eigenvalue weighted by Gasteiger charge is -2.24. The zero-order valence-electron chi connectivity index (χ0n) is 6.94. The number of rotatable bonds is 4. The Balaban J connectivity index is 1.96. The summed E-state index contributed by atoms with van der Waals surface area (Å²) in [6, 6.07) is 0.607. The van der Waals surface area contributed by atoms with Crippen LogP contribution in [-0.2, 0) is 5.11 Å². The Morgan fingerprint density at radius 1 is 1.27 bits per heavy atom. The van der Waals surface area contributed by atoms with Gasteiger partial charge in [-0.25, -0.2) is 5.11 Å². The normalized spacial score (nSPS) is 25.4. The maximum Gasteiger partial charge on any atom is 0.0822 e. The average Bonchev–Trinajstić information content (AvgIpc) is 2.07. The highest BCUT2D eigenvalue weighted by atomic mass is 16.2. The predicted molar refractivity (Wildman–Crippen MR) is 44.1 cm³/mol. The van der Waals surface area contributed by atoms with E-state index in [0.717, 1.165) is 38.9 Å². The molecule has 1 unspecified atom stereocenters. The fraction of sp³-hybridized carbons (Fsp3) is 1.00. The second-order valence-electron chi connectivity index (χ2n) is 3.06. The lowest BCUT2D eigenvalue weighted by molar-refractivity contribution is 0.184. The van der Waals surface area contributed by atoms with Crippen LogP contribution in [0.3, 0.4) is 0 Å². The first-order chi connectivity index (χ1) is 5.43. The van der Waals surface area contributed by atoms with E-state index in [4.69, 9.17) is 0 Å². The Hall–Kier alpha value is -0.120. The van der Waals surface area contributed by atoms with E-state index in [-0.39, 0.29) is 6.61 Å². The van der Waals surface area contributed by atoms with Crippen molar-refractivity contribution in [2.45, 2.75) is 25.3 Å². The molecule has 0 amide bonds. The highest BCUT2D eigenvalue weighted by molar-refractivity contribution is 4.74. The van der Waals surface area contributed by atoms with Gasteiger partial charge in [0.25, 0.3) is 0 Å². The fourth-order valence-corrected chi connectivity index (χ4v) is 1.41. The van der Waals surface area contributed by atoms with Crippen LogP contribution < -0.4 is 10.6 Å². The first kappa shape index (κ1) is 8.97. The van der Waals surface area contributed by atoms with Gasteiger partial charge in [-0.1, -0.05) is 0 Å². The van der Waals surface area contributed by atoms with Crippen molar-refractivity contribution < 1.29 is 5.11 Å². The third-order valence-electron chi connectivity index (χ3n) is 2.07. The molecular formula is C8H17N2O. The van der Waals surface area contributed by atoms with Gasteiger partial charge in [0.15, 0.2) is 0 Å². The molecule has 65 valence electrons. The van der Waals surface area contributed by atoms with Crippen molar-refractivity contribution in [1.29, 1.82) is 0 Å². The average molecular weight is 157 g/mol. The maximum absolute atomic E-state index is 10.1. The molecule has 1 saturated heterocycles. The largest absolute Gasteiger partial charge is 0.314 e. The molecule has 3 nitrogen and oxygen atoms in total. The molecule has 3 heteroatoms. The topological polar surface area (TPSA) is 44.0 Å². The molecule has 1 aliphatic heterocycles. The Kier molecular flexibility index (Phi) is 4.50. The molecule has 1 rings (SSSR count). The summed E-state index contributed by atoms with van der Waals surface area (Å²) >= 11 is 0. The van der Waals surface area contributed by atoms with Crippen molar-refractivity contribution in [3.8, 4) is 0 Å². The number of hydrogen-bond acceptors (Lipinski definition) is 2. The van der Waals surface area contributed by atoms with Crippen molar-refractivity contribution >= 4 is 0 Å². The van der Waals surface area contributed by atoms with Gasteiger partial charge in [-0.05, 0) is 19.3 Å². The van der Waals surface area contributed by atoms with Crippen LogP contribution in [0.1, 0.15) is 19.3 Å². The Morgan fingerprint density at radius 3 is 2.82 bits per heavy atom. The van der Waals surface area contributed by atoms with Gasteiger partial charge >= 0.3 is 0 Å². The second-order valence-corrected chi connectivity index (χ2v) is 3.06. The molecule has 0 aromatic heterocycles. The van der Waals surface area contributed by atoms with Gasteiger partial charge in [-0.15, -0.1) is 0 Å². The third kappa shape index (κ3) is 3.70. The summed E-state index contributed by atoms with van der Waals surface area (Å²) in [5.41, 5.74) is 0. The Bertz CT molecular complexity index is 92.1. The molecule has 1 fully saturated rings. The van der Waals surface area contributed by atoms with Gasteiger partial charge in [0.1, 0.15) is 0 Å². The van der Waals surface area contributed by atoms with Gasteiger partial charge in [0, 0.05) is 25.7 Å². The summed E-state index contributed by atoms with van der Waals surface area (Å²) in [5, 5.41) is 16.9. The zero-order valence-corrected chi connectivity index (χ0v) is 6.94. The van der Waals surface area contributed by atoms with Crippen LogP contribution >= 0.6 is 0 Å². The lowest BCUT2D eigenvalue weighted by atomic mass is 10.1. The van der Waals surface area contributed by atoms with Crippen LogP contribution in [0.2, 0.25) is 0 Å². The third-order valence-corrected chi connectivity index (χ3v) is 2.07. The molecule has 0 aromatic rings. The van der Waals surface area contributed by atoms with Crippen molar-refractivity contribution in [1.82, 2.24) is 10.6 Å². The van der Waals surface area contributed by atoms with Gasteiger partial charge in [0.2, 0.25) is 0 Å². The molecule has 1 heterocycles. The molecule has 1 atom stereocenters. The summed E-state index contributed by atoms with van der Waals surface area (Å²) in [4.78, 5) is 0. The molecule has 0 aliphatic carbocycles. The van der Waals surface area contributed by atoms with Crippen molar-refractivity contribution in [2.24, 2.45) is 0 Å². The van der Waals surface area contributed by atoms with Crippen LogP contribution in [-0.4, -0.2) is 32.3 Å². The van der Waals surface area contributed by atoms with Crippen molar-refractivity contribution in [3.63, 3.8) is 0 Å². The molecule has 0 aromatic carbocycles. The van der Waals surface area contributed by atoms with Crippen LogP contribution in [0.15, 0.2) is 0 Å². The smallest absolute Gasteiger partial charge is 0.0822 e. The van der Waals surface area contributed by atoms with Crippen LogP contribution in [0.4, 0.5) is 0 Å². The number of piperazine rings is 1. The maximum atomic E-state index is 10.1. The first-order valence-corrected chi connectivity index (χ1v) is 4.45. The zero-order chi connectivity index (χ0) is 7.94. The molecule has 2 N–H and O–H groups in total. The predicted octanol–water partition coefficient (Wildman–Crippen LogP) is 0.149. The van der Waals surface area contributed by atoms with Gasteiger partial charge in [-0.3, -0.25) is 0 Å². The van der Waals surface area contributed by atoms with Gasteiger partial charge in [-0.2, -0.15) is 0 Å². The summed E-state index contributed by atoms with van der Waals surface area (Å²) in [7, 11) is 0. The second kappa shape index (κ2) is 5.52. The van der Waals surface area contributed by atoms with E-state index in [1.54, 1.807) is 0 Å². The lowest BCUT2D eigenvalue weighted by Crippen LogP contribution is -2.48. The SMILES string of the molecule is [O]CCCCC1CNCCN1. The summed E-state index contributed by atoms with van der Waals surface area (Å²) in [5.74, 6) is 0. The number of hydrogen-bond donors (Lipinski definition) is 2. The van der Waals surface area contributed by atoms with Crippen LogP contribution in [0.25, 0.3) is 0 Å². The standard InChI is InChI=1S/C8H17N2O/c11-6-2-1-3-8-7-9-4-5-10-8/h8-10H,1-7H2. The van der Waals surface area contributed by atoms with E-state index < -0.39 is 0 Å². The fourth-order valence-electron chi connectivity index (χ4n) is 1.41. The number of unbranched alkanes of at least 4 members (excludes halogenated alkanes) is 1. The molecule has 11 heavy (non-hydrogen) atoms. The van der Waals surface area contributed by atoms with Crippen LogP contribution in [0.5, 0.6) is 0 Å². The first-order valence-electron chi connectivity index (χ1n) is 4.45. The minimum absolute atomic E-state index is 0.0835. The highest BCUT2D eigenvalue weighted by Crippen LogP contribution is 2.01. The molecule has 1 aliphatic rings. The van der Waals surface area contributed by atoms with E-state index in [1.807, 2.05) is 0 Å². The van der Waals surface area contributed by atoms with Crippen molar-refractivity contribution in [3.05, 3.63) is 0 Å². The molecule has 0 spiro atoms. The van der Waals surface area contributed by atoms with E-state index in [2.05, 4.69) is 10.6 Å². The molecule has 0 saturated carbocycles. The molecule has 0 bridgehead atoms. The van der Waals surface area contributed by atoms with E-state index >= 15 is 0 Å². The van der Waals surface area contributed by atoms with Crippen LogP contribution in [0, 0.1) is 0 Å². The Labute approximate surface area is 68.2 Å². The monoisotopic (exact) mass is 157 g/mol. The molecular weight excluding hydrogens is 140 g/mol. The quantitative estimate of drug-likeness (QED) is 0.570. The van der Waals surface area contributed by atoms with Crippen molar-refractivity contribution in [2.75, 3.05) is 26.2 Å². The Morgan fingerprint density at radius 2 is 2.18 bits per heavy atom. The van der Waals surface area contributed by atoms with Gasteiger partial charge in [0.05, 0.1) is 6.61 Å². The summed E-state index contributed by atoms with van der Waals surface area (Å²) in [6.45, 7) is 3.30. The number of nitrogens with one attached hydrogen (secondary N) is 2. The summed E-state index contributed by atoms with van der Waals surface area (Å²) in [6.07, 6.45) is 3.05. The highest BCUT2D eigenvalue weighted by Gasteiger charge is 2.10. The summed E-state index contributed by atoms with van der Waals surface area (Å²) < 4.78 is 0. The minimum atomic E-state index is 0.0835. The van der Waals surface area contributed by atoms with E-state index in [1.165, 1.54) is 0 Å². The van der Waals surface area contributed by atoms with E-state index in [0.29, 0.717) is 6.04 Å². The molecule has 1 radical (unpaired) electrons.